The average Bonchev–Trinajstić information content (AvgIpc) is 3.21. The number of para-hydroxylation sites is 1. The molecule has 0 radical (unpaired) electrons. The lowest BCUT2D eigenvalue weighted by atomic mass is 9.98. The molecular formula is C24H24N2. The Balaban J connectivity index is 1.62. The van der Waals surface area contributed by atoms with E-state index in [1.807, 2.05) is 0 Å². The van der Waals surface area contributed by atoms with Crippen molar-refractivity contribution >= 4 is 22.2 Å². The Labute approximate surface area is 155 Å². The third kappa shape index (κ3) is 3.41. The molecular weight excluding hydrogens is 316 g/mol. The molecule has 0 saturated carbocycles. The first kappa shape index (κ1) is 16.6. The predicted octanol–water partition coefficient (Wildman–Crippen LogP) is 5.43. The largest absolute Gasteiger partial charge is 0.378 e. The van der Waals surface area contributed by atoms with Crippen molar-refractivity contribution in [3.05, 3.63) is 89.6 Å². The molecule has 0 aliphatic heterocycles. The lowest BCUT2D eigenvalue weighted by molar-refractivity contribution is 0.963. The zero-order valence-electron chi connectivity index (χ0n) is 15.4. The summed E-state index contributed by atoms with van der Waals surface area (Å²) in [7, 11) is 4.15. The maximum atomic E-state index is 4.89. The second-order valence-corrected chi connectivity index (χ2v) is 7.07. The van der Waals surface area contributed by atoms with E-state index in [0.29, 0.717) is 0 Å². The number of benzene rings is 2. The van der Waals surface area contributed by atoms with Crippen LogP contribution in [-0.2, 0) is 12.8 Å². The van der Waals surface area contributed by atoms with Crippen molar-refractivity contribution in [1.82, 2.24) is 4.98 Å². The molecule has 0 amide bonds. The zero-order valence-corrected chi connectivity index (χ0v) is 15.4. The van der Waals surface area contributed by atoms with Gasteiger partial charge in [-0.05, 0) is 60.2 Å². The maximum absolute atomic E-state index is 4.89. The molecule has 0 unspecified atom stereocenters. The van der Waals surface area contributed by atoms with Gasteiger partial charge in [-0.3, -0.25) is 0 Å². The molecule has 2 heteroatoms. The van der Waals surface area contributed by atoms with Crippen molar-refractivity contribution in [1.29, 1.82) is 0 Å². The van der Waals surface area contributed by atoms with Gasteiger partial charge in [-0.15, -0.1) is 0 Å². The Morgan fingerprint density at radius 3 is 2.50 bits per heavy atom. The van der Waals surface area contributed by atoms with Crippen molar-refractivity contribution in [3.63, 3.8) is 0 Å². The summed E-state index contributed by atoms with van der Waals surface area (Å²) in [6.07, 6.45) is 9.55. The quantitative estimate of drug-likeness (QED) is 0.616. The number of aryl methyl sites for hydroxylation is 2. The highest BCUT2D eigenvalue weighted by molar-refractivity contribution is 5.85. The molecule has 130 valence electrons. The fraction of sp³-hybridized carbons (Fsp3) is 0.208. The van der Waals surface area contributed by atoms with Gasteiger partial charge in [0.1, 0.15) is 0 Å². The smallest absolute Gasteiger partial charge is 0.0712 e. The number of aromatic nitrogens is 1. The van der Waals surface area contributed by atoms with E-state index in [4.69, 9.17) is 4.98 Å². The van der Waals surface area contributed by atoms with Crippen molar-refractivity contribution < 1.29 is 0 Å². The van der Waals surface area contributed by atoms with Gasteiger partial charge in [0.05, 0.1) is 11.2 Å². The fourth-order valence-corrected chi connectivity index (χ4v) is 3.50. The topological polar surface area (TPSA) is 16.1 Å². The van der Waals surface area contributed by atoms with Crippen LogP contribution >= 0.6 is 0 Å². The first-order valence-corrected chi connectivity index (χ1v) is 9.22. The van der Waals surface area contributed by atoms with E-state index >= 15 is 0 Å². The van der Waals surface area contributed by atoms with Crippen LogP contribution in [-0.4, -0.2) is 19.1 Å². The first-order chi connectivity index (χ1) is 12.7. The molecule has 1 aliphatic rings. The molecule has 0 saturated heterocycles. The van der Waals surface area contributed by atoms with Gasteiger partial charge in [0.15, 0.2) is 0 Å². The minimum Gasteiger partial charge on any atom is -0.378 e. The molecule has 0 fully saturated rings. The van der Waals surface area contributed by atoms with Crippen LogP contribution in [0.2, 0.25) is 0 Å². The lowest BCUT2D eigenvalue weighted by Gasteiger charge is -2.13. The molecule has 0 spiro atoms. The summed E-state index contributed by atoms with van der Waals surface area (Å²) in [5.74, 6) is 0. The molecule has 4 rings (SSSR count). The summed E-state index contributed by atoms with van der Waals surface area (Å²) in [6.45, 7) is 0. The minimum absolute atomic E-state index is 0.983. The van der Waals surface area contributed by atoms with Gasteiger partial charge in [-0.25, -0.2) is 4.98 Å². The van der Waals surface area contributed by atoms with Gasteiger partial charge < -0.3 is 4.90 Å². The Morgan fingerprint density at radius 2 is 1.77 bits per heavy atom. The Kier molecular flexibility index (Phi) is 4.57. The molecule has 1 aliphatic carbocycles. The fourth-order valence-electron chi connectivity index (χ4n) is 3.50. The van der Waals surface area contributed by atoms with Crippen LogP contribution in [0, 0.1) is 0 Å². The predicted molar refractivity (Wildman–Crippen MR) is 112 cm³/mol. The van der Waals surface area contributed by atoms with Gasteiger partial charge in [-0.2, -0.15) is 0 Å². The number of anilines is 1. The number of hydrogen-bond donors (Lipinski definition) is 0. The van der Waals surface area contributed by atoms with E-state index in [9.17, 15) is 0 Å². The second kappa shape index (κ2) is 7.17. The van der Waals surface area contributed by atoms with Crippen LogP contribution in [0.5, 0.6) is 0 Å². The number of pyridine rings is 1. The van der Waals surface area contributed by atoms with Crippen LogP contribution in [0.1, 0.15) is 23.2 Å². The third-order valence-electron chi connectivity index (χ3n) is 5.04. The van der Waals surface area contributed by atoms with Gasteiger partial charge in [0, 0.05) is 25.2 Å². The minimum atomic E-state index is 0.983. The van der Waals surface area contributed by atoms with Gasteiger partial charge in [-0.1, -0.05) is 48.6 Å². The highest BCUT2D eigenvalue weighted by Crippen LogP contribution is 2.27. The maximum Gasteiger partial charge on any atom is 0.0712 e. The second-order valence-electron chi connectivity index (χ2n) is 7.07. The first-order valence-electron chi connectivity index (χ1n) is 9.22. The van der Waals surface area contributed by atoms with Gasteiger partial charge >= 0.3 is 0 Å². The molecule has 1 aromatic heterocycles. The number of rotatable bonds is 5. The summed E-state index contributed by atoms with van der Waals surface area (Å²) >= 11 is 0. The molecule has 0 bridgehead atoms. The van der Waals surface area contributed by atoms with Crippen LogP contribution in [0.15, 0.2) is 72.8 Å². The van der Waals surface area contributed by atoms with Crippen molar-refractivity contribution in [2.45, 2.75) is 19.3 Å². The van der Waals surface area contributed by atoms with Gasteiger partial charge in [0.2, 0.25) is 0 Å². The van der Waals surface area contributed by atoms with Crippen LogP contribution in [0.4, 0.5) is 5.69 Å². The summed E-state index contributed by atoms with van der Waals surface area (Å²) in [5, 5.41) is 1.27. The van der Waals surface area contributed by atoms with E-state index in [0.717, 1.165) is 30.5 Å². The number of fused-ring (bicyclic) bond motifs is 1. The Morgan fingerprint density at radius 1 is 0.962 bits per heavy atom. The monoisotopic (exact) mass is 340 g/mol. The highest BCUT2D eigenvalue weighted by atomic mass is 15.1. The lowest BCUT2D eigenvalue weighted by Crippen LogP contribution is -2.08. The van der Waals surface area contributed by atoms with E-state index < -0.39 is 0 Å². The third-order valence-corrected chi connectivity index (χ3v) is 5.04. The van der Waals surface area contributed by atoms with Crippen LogP contribution in [0.25, 0.3) is 16.5 Å². The van der Waals surface area contributed by atoms with Crippen LogP contribution in [0.3, 0.4) is 0 Å². The van der Waals surface area contributed by atoms with Crippen molar-refractivity contribution in [2.24, 2.45) is 0 Å². The van der Waals surface area contributed by atoms with E-state index in [1.54, 1.807) is 0 Å². The molecule has 0 atom stereocenters. The number of hydrogen-bond acceptors (Lipinski definition) is 2. The molecule has 0 N–H and O–H groups in total. The summed E-state index contributed by atoms with van der Waals surface area (Å²) < 4.78 is 0. The summed E-state index contributed by atoms with van der Waals surface area (Å²) in [4.78, 5) is 7.02. The van der Waals surface area contributed by atoms with E-state index in [2.05, 4.69) is 91.8 Å². The molecule has 1 heterocycles. The summed E-state index contributed by atoms with van der Waals surface area (Å²) in [6, 6.07) is 19.6. The van der Waals surface area contributed by atoms with Crippen LogP contribution < -0.4 is 4.90 Å². The SMILES string of the molecule is CN(C)c1ccc(CCc2cc(C3=CC=CC3)nc3ccccc23)cc1. The normalized spacial score (nSPS) is 13.2. The summed E-state index contributed by atoms with van der Waals surface area (Å²) in [5.41, 5.74) is 7.52. The Hall–Kier alpha value is -2.87. The van der Waals surface area contributed by atoms with E-state index in [-0.39, 0.29) is 0 Å². The zero-order chi connectivity index (χ0) is 17.9. The molecule has 3 aromatic rings. The molecule has 2 aromatic carbocycles. The molecule has 2 nitrogen and oxygen atoms in total. The molecule has 26 heavy (non-hydrogen) atoms. The standard InChI is InChI=1S/C24H24N2/c1-26(2)21-15-12-18(13-16-21)11-14-20-17-24(19-7-3-4-8-19)25-23-10-6-5-9-22(20)23/h3-7,9-10,12-13,15-17H,8,11,14H2,1-2H3. The van der Waals surface area contributed by atoms with Gasteiger partial charge in [0.25, 0.3) is 0 Å². The van der Waals surface area contributed by atoms with Crippen molar-refractivity contribution in [2.75, 3.05) is 19.0 Å². The van der Waals surface area contributed by atoms with Crippen molar-refractivity contribution in [3.8, 4) is 0 Å². The van der Waals surface area contributed by atoms with E-state index in [1.165, 1.54) is 27.8 Å². The average molecular weight is 340 g/mol. The highest BCUT2D eigenvalue weighted by Gasteiger charge is 2.10. The number of nitrogens with zero attached hydrogens (tertiary/aromatic N) is 2. The number of allylic oxidation sites excluding steroid dienone is 4. The Bertz CT molecular complexity index is 979.